The normalized spacial score (nSPS) is 23.6. The van der Waals surface area contributed by atoms with E-state index in [1.807, 2.05) is 27.4 Å². The Morgan fingerprint density at radius 2 is 2.26 bits per heavy atom. The Kier molecular flexibility index (Phi) is 4.45. The van der Waals surface area contributed by atoms with Crippen LogP contribution < -0.4 is 5.73 Å². The van der Waals surface area contributed by atoms with Crippen molar-refractivity contribution in [3.8, 4) is 0 Å². The molecule has 1 aliphatic heterocycles. The van der Waals surface area contributed by atoms with Crippen molar-refractivity contribution in [1.82, 2.24) is 9.47 Å². The van der Waals surface area contributed by atoms with Crippen molar-refractivity contribution >= 4 is 23.4 Å². The number of amides is 1. The van der Waals surface area contributed by atoms with E-state index in [9.17, 15) is 4.79 Å². The van der Waals surface area contributed by atoms with Crippen LogP contribution >= 0.6 is 11.8 Å². The number of nitrogens with two attached hydrogens (primary N) is 1. The molecule has 0 spiro atoms. The first kappa shape index (κ1) is 14.3. The maximum absolute atomic E-state index is 12.7. The standard InChI is InChI=1S/C14H23N3OS/c1-4-5-16-9-12(15)8-13(16)14(18)17-6-7-19-11(3)10(17)2/h8-11H,4-7,15H2,1-3H3. The van der Waals surface area contributed by atoms with Crippen LogP contribution in [0.4, 0.5) is 5.69 Å². The van der Waals surface area contributed by atoms with Crippen molar-refractivity contribution in [2.45, 2.75) is 45.0 Å². The molecule has 0 radical (unpaired) electrons. The molecule has 1 saturated heterocycles. The van der Waals surface area contributed by atoms with Crippen LogP contribution in [0.2, 0.25) is 0 Å². The van der Waals surface area contributed by atoms with Crippen LogP contribution in [0.15, 0.2) is 12.3 Å². The number of rotatable bonds is 3. The van der Waals surface area contributed by atoms with Gasteiger partial charge >= 0.3 is 0 Å². The summed E-state index contributed by atoms with van der Waals surface area (Å²) in [6.07, 6.45) is 2.86. The molecule has 0 aliphatic carbocycles. The number of aromatic nitrogens is 1. The van der Waals surface area contributed by atoms with E-state index in [0.717, 1.165) is 31.0 Å². The van der Waals surface area contributed by atoms with Gasteiger partial charge in [0.1, 0.15) is 5.69 Å². The summed E-state index contributed by atoms with van der Waals surface area (Å²) in [4.78, 5) is 14.7. The second kappa shape index (κ2) is 5.90. The number of nitrogen functional groups attached to an aromatic ring is 1. The zero-order chi connectivity index (χ0) is 14.0. The Balaban J connectivity index is 2.23. The van der Waals surface area contributed by atoms with Crippen molar-refractivity contribution in [3.63, 3.8) is 0 Å². The van der Waals surface area contributed by atoms with Crippen molar-refractivity contribution in [1.29, 1.82) is 0 Å². The predicted molar refractivity (Wildman–Crippen MR) is 81.6 cm³/mol. The molecule has 2 unspecified atom stereocenters. The molecule has 19 heavy (non-hydrogen) atoms. The highest BCUT2D eigenvalue weighted by molar-refractivity contribution is 8.00. The van der Waals surface area contributed by atoms with E-state index >= 15 is 0 Å². The van der Waals surface area contributed by atoms with Crippen molar-refractivity contribution in [2.75, 3.05) is 18.0 Å². The molecule has 2 heterocycles. The summed E-state index contributed by atoms with van der Waals surface area (Å²) in [5.74, 6) is 1.13. The summed E-state index contributed by atoms with van der Waals surface area (Å²) in [6, 6.07) is 2.08. The van der Waals surface area contributed by atoms with Crippen LogP contribution in [0.1, 0.15) is 37.7 Å². The van der Waals surface area contributed by atoms with Crippen molar-refractivity contribution < 1.29 is 4.79 Å². The number of carbonyl (C=O) groups excluding carboxylic acids is 1. The largest absolute Gasteiger partial charge is 0.397 e. The Hall–Kier alpha value is -1.10. The predicted octanol–water partition coefficient (Wildman–Crippen LogP) is 2.45. The van der Waals surface area contributed by atoms with Gasteiger partial charge in [0.15, 0.2) is 0 Å². The fourth-order valence-corrected chi connectivity index (χ4v) is 3.60. The van der Waals surface area contributed by atoms with Gasteiger partial charge in [-0.25, -0.2) is 0 Å². The van der Waals surface area contributed by atoms with Gasteiger partial charge in [-0.3, -0.25) is 4.79 Å². The van der Waals surface area contributed by atoms with Gasteiger partial charge in [-0.2, -0.15) is 11.8 Å². The highest BCUT2D eigenvalue weighted by Crippen LogP contribution is 2.26. The van der Waals surface area contributed by atoms with E-state index in [2.05, 4.69) is 20.8 Å². The minimum atomic E-state index is 0.116. The van der Waals surface area contributed by atoms with E-state index in [1.165, 1.54) is 0 Å². The zero-order valence-electron chi connectivity index (χ0n) is 11.9. The van der Waals surface area contributed by atoms with Crippen LogP contribution in [-0.4, -0.2) is 39.0 Å². The third-order valence-electron chi connectivity index (χ3n) is 3.75. The monoisotopic (exact) mass is 281 g/mol. The molecule has 1 fully saturated rings. The second-order valence-corrected chi connectivity index (χ2v) is 6.65. The summed E-state index contributed by atoms with van der Waals surface area (Å²) in [5.41, 5.74) is 7.24. The molecule has 4 nitrogen and oxygen atoms in total. The van der Waals surface area contributed by atoms with Gasteiger partial charge in [0.05, 0.1) is 5.69 Å². The molecule has 5 heteroatoms. The van der Waals surface area contributed by atoms with Gasteiger partial charge in [-0.15, -0.1) is 0 Å². The maximum atomic E-state index is 12.7. The molecule has 1 amide bonds. The van der Waals surface area contributed by atoms with Gasteiger partial charge < -0.3 is 15.2 Å². The first-order chi connectivity index (χ1) is 9.04. The van der Waals surface area contributed by atoms with Crippen LogP contribution in [0.25, 0.3) is 0 Å². The van der Waals surface area contributed by atoms with Crippen molar-refractivity contribution in [2.24, 2.45) is 0 Å². The van der Waals surface area contributed by atoms with Gasteiger partial charge in [0.25, 0.3) is 5.91 Å². The van der Waals surface area contributed by atoms with Crippen LogP contribution in [-0.2, 0) is 6.54 Å². The molecule has 106 valence electrons. The number of thioether (sulfide) groups is 1. The average Bonchev–Trinajstić information content (AvgIpc) is 2.73. The number of hydrogen-bond acceptors (Lipinski definition) is 3. The van der Waals surface area contributed by atoms with Gasteiger partial charge in [-0.1, -0.05) is 13.8 Å². The highest BCUT2D eigenvalue weighted by atomic mass is 32.2. The quantitative estimate of drug-likeness (QED) is 0.926. The lowest BCUT2D eigenvalue weighted by Gasteiger charge is -2.37. The third-order valence-corrected chi connectivity index (χ3v) is 5.08. The number of hydrogen-bond donors (Lipinski definition) is 1. The fraction of sp³-hybridized carbons (Fsp3) is 0.643. The Morgan fingerprint density at radius 3 is 2.95 bits per heavy atom. The Bertz CT molecular complexity index is 458. The summed E-state index contributed by atoms with van der Waals surface area (Å²) >= 11 is 1.94. The molecular weight excluding hydrogens is 258 g/mol. The van der Waals surface area contributed by atoms with Gasteiger partial charge in [-0.05, 0) is 19.4 Å². The minimum Gasteiger partial charge on any atom is -0.397 e. The first-order valence-corrected chi connectivity index (χ1v) is 7.97. The third kappa shape index (κ3) is 2.91. The molecule has 2 rings (SSSR count). The minimum absolute atomic E-state index is 0.116. The topological polar surface area (TPSA) is 51.3 Å². The lowest BCUT2D eigenvalue weighted by molar-refractivity contribution is 0.0687. The van der Waals surface area contributed by atoms with Crippen molar-refractivity contribution in [3.05, 3.63) is 18.0 Å². The van der Waals surface area contributed by atoms with Gasteiger partial charge in [0.2, 0.25) is 0 Å². The molecule has 1 aromatic rings. The molecular formula is C14H23N3OS. The lowest BCUT2D eigenvalue weighted by atomic mass is 10.2. The molecule has 0 aromatic carbocycles. The van der Waals surface area contributed by atoms with Crippen LogP contribution in [0, 0.1) is 0 Å². The molecule has 1 aliphatic rings. The fourth-order valence-electron chi connectivity index (χ4n) is 2.50. The average molecular weight is 281 g/mol. The summed E-state index contributed by atoms with van der Waals surface area (Å²) in [5, 5.41) is 0.490. The van der Waals surface area contributed by atoms with Gasteiger partial charge in [0, 0.05) is 36.3 Å². The second-order valence-electron chi connectivity index (χ2n) is 5.17. The number of nitrogens with zero attached hydrogens (tertiary/aromatic N) is 2. The summed E-state index contributed by atoms with van der Waals surface area (Å²) in [6.45, 7) is 8.09. The van der Waals surface area contributed by atoms with E-state index in [1.54, 1.807) is 6.07 Å². The van der Waals surface area contributed by atoms with E-state index in [0.29, 0.717) is 10.9 Å². The highest BCUT2D eigenvalue weighted by Gasteiger charge is 2.30. The first-order valence-electron chi connectivity index (χ1n) is 6.92. The van der Waals surface area contributed by atoms with Crippen LogP contribution in [0.5, 0.6) is 0 Å². The van der Waals surface area contributed by atoms with Crippen LogP contribution in [0.3, 0.4) is 0 Å². The van der Waals surface area contributed by atoms with E-state index < -0.39 is 0 Å². The lowest BCUT2D eigenvalue weighted by Crippen LogP contribution is -2.48. The van der Waals surface area contributed by atoms with E-state index in [-0.39, 0.29) is 11.9 Å². The molecule has 0 saturated carbocycles. The molecule has 2 atom stereocenters. The number of anilines is 1. The summed E-state index contributed by atoms with van der Waals surface area (Å²) < 4.78 is 1.98. The molecule has 1 aromatic heterocycles. The Labute approximate surface area is 119 Å². The smallest absolute Gasteiger partial charge is 0.270 e. The number of aryl methyl sites for hydroxylation is 1. The molecule has 2 N–H and O–H groups in total. The van der Waals surface area contributed by atoms with E-state index in [4.69, 9.17) is 5.73 Å². The SMILES string of the molecule is CCCn1cc(N)cc1C(=O)N1CCSC(C)C1C. The number of carbonyl (C=O) groups is 1. The zero-order valence-corrected chi connectivity index (χ0v) is 12.7. The maximum Gasteiger partial charge on any atom is 0.270 e. The Morgan fingerprint density at radius 1 is 1.53 bits per heavy atom. The molecule has 0 bridgehead atoms. The summed E-state index contributed by atoms with van der Waals surface area (Å²) in [7, 11) is 0.